The molecule has 0 aromatic carbocycles. The predicted molar refractivity (Wildman–Crippen MR) is 80.0 cm³/mol. The Balaban J connectivity index is 3.02. The normalized spacial score (nSPS) is 17.2. The van der Waals surface area contributed by atoms with Crippen LogP contribution < -0.4 is 5.32 Å². The topological polar surface area (TPSA) is 84.9 Å². The van der Waals surface area contributed by atoms with Gasteiger partial charge in [0.15, 0.2) is 5.78 Å². The molecular formula is C15H24N2O5. The molecule has 0 spiro atoms. The van der Waals surface area contributed by atoms with Gasteiger partial charge in [0.1, 0.15) is 11.2 Å². The molecule has 1 rings (SSSR count). The number of amides is 2. The summed E-state index contributed by atoms with van der Waals surface area (Å²) in [5, 5.41) is 2.83. The molecule has 0 bridgehead atoms. The smallest absolute Gasteiger partial charge is 0.424 e. The summed E-state index contributed by atoms with van der Waals surface area (Å²) in [4.78, 5) is 36.7. The number of imide groups is 1. The van der Waals surface area contributed by atoms with E-state index in [1.807, 2.05) is 0 Å². The van der Waals surface area contributed by atoms with Crippen LogP contribution in [0.5, 0.6) is 0 Å². The minimum absolute atomic E-state index is 0.169. The number of nitrogens with zero attached hydrogens (tertiary/aromatic N) is 1. The predicted octanol–water partition coefficient (Wildman–Crippen LogP) is 2.56. The van der Waals surface area contributed by atoms with Gasteiger partial charge in [0.2, 0.25) is 0 Å². The highest BCUT2D eigenvalue weighted by molar-refractivity contribution is 5.98. The molecule has 1 aliphatic heterocycles. The number of rotatable bonds is 1. The van der Waals surface area contributed by atoms with Gasteiger partial charge in [-0.2, -0.15) is 4.90 Å². The molecule has 1 N–H and O–H groups in total. The first-order chi connectivity index (χ1) is 9.89. The van der Waals surface area contributed by atoms with Gasteiger partial charge in [-0.15, -0.1) is 0 Å². The molecule has 0 aromatic heterocycles. The molecule has 7 nitrogen and oxygen atoms in total. The quantitative estimate of drug-likeness (QED) is 0.749. The summed E-state index contributed by atoms with van der Waals surface area (Å²) >= 11 is 0. The fourth-order valence-electron chi connectivity index (χ4n) is 1.59. The van der Waals surface area contributed by atoms with Gasteiger partial charge in [0.05, 0.1) is 5.70 Å². The Kier molecular flexibility index (Phi) is 5.22. The maximum absolute atomic E-state index is 12.2. The second kappa shape index (κ2) is 6.37. The van der Waals surface area contributed by atoms with Crippen molar-refractivity contribution in [3.63, 3.8) is 0 Å². The van der Waals surface area contributed by atoms with Crippen molar-refractivity contribution in [1.29, 1.82) is 0 Å². The Labute approximate surface area is 130 Å². The Bertz CT molecular complexity index is 469. The molecule has 22 heavy (non-hydrogen) atoms. The number of ether oxygens (including phenoxy) is 2. The number of carbonyl (C=O) groups excluding carboxylic acids is 3. The Morgan fingerprint density at radius 1 is 1.05 bits per heavy atom. The van der Waals surface area contributed by atoms with Gasteiger partial charge in [-0.1, -0.05) is 0 Å². The zero-order chi connectivity index (χ0) is 17.1. The molecule has 1 fully saturated rings. The van der Waals surface area contributed by atoms with E-state index >= 15 is 0 Å². The lowest BCUT2D eigenvalue weighted by Gasteiger charge is -2.27. The number of nitrogens with one attached hydrogen (secondary N) is 1. The van der Waals surface area contributed by atoms with Crippen molar-refractivity contribution in [2.45, 2.75) is 59.2 Å². The first kappa shape index (κ1) is 18.0. The Hall–Kier alpha value is -2.05. The van der Waals surface area contributed by atoms with Crippen LogP contribution in [-0.4, -0.2) is 40.6 Å². The molecule has 0 aliphatic carbocycles. The third-order valence-electron chi connectivity index (χ3n) is 2.41. The lowest BCUT2D eigenvalue weighted by molar-refractivity contribution is -0.114. The van der Waals surface area contributed by atoms with E-state index in [0.29, 0.717) is 17.9 Å². The average molecular weight is 312 g/mol. The third kappa shape index (κ3) is 5.75. The monoisotopic (exact) mass is 312 g/mol. The van der Waals surface area contributed by atoms with Crippen molar-refractivity contribution in [1.82, 2.24) is 10.2 Å². The summed E-state index contributed by atoms with van der Waals surface area (Å²) in [5.41, 5.74) is -1.36. The number of allylic oxidation sites excluding steroid dienone is 1. The second-order valence-corrected chi connectivity index (χ2v) is 6.97. The molecule has 124 valence electrons. The van der Waals surface area contributed by atoms with E-state index in [9.17, 15) is 14.4 Å². The fraction of sp³-hybridized carbons (Fsp3) is 0.667. The van der Waals surface area contributed by atoms with Crippen LogP contribution in [0.4, 0.5) is 9.59 Å². The summed E-state index contributed by atoms with van der Waals surface area (Å²) < 4.78 is 10.4. The van der Waals surface area contributed by atoms with Crippen LogP contribution >= 0.6 is 0 Å². The molecule has 0 aromatic rings. The zero-order valence-corrected chi connectivity index (χ0v) is 14.0. The molecule has 7 heteroatoms. The highest BCUT2D eigenvalue weighted by Gasteiger charge is 2.31. The van der Waals surface area contributed by atoms with E-state index in [2.05, 4.69) is 5.32 Å². The highest BCUT2D eigenvalue weighted by Crippen LogP contribution is 2.16. The molecule has 1 heterocycles. The van der Waals surface area contributed by atoms with Gasteiger partial charge >= 0.3 is 12.2 Å². The van der Waals surface area contributed by atoms with Crippen molar-refractivity contribution >= 4 is 18.0 Å². The summed E-state index contributed by atoms with van der Waals surface area (Å²) in [7, 11) is 0. The van der Waals surface area contributed by atoms with E-state index in [-0.39, 0.29) is 11.5 Å². The summed E-state index contributed by atoms with van der Waals surface area (Å²) in [5.74, 6) is -0.169. The number of Topliss-reactive ketones (excluding diaryl/α,β-unsaturated/α-hetero) is 1. The van der Waals surface area contributed by atoms with Crippen LogP contribution in [0.3, 0.4) is 0 Å². The van der Waals surface area contributed by atoms with E-state index in [1.54, 1.807) is 41.5 Å². The lowest BCUT2D eigenvalue weighted by Crippen LogP contribution is -2.41. The van der Waals surface area contributed by atoms with Crippen molar-refractivity contribution < 1.29 is 23.9 Å². The highest BCUT2D eigenvalue weighted by atomic mass is 16.6. The standard InChI is InChI=1S/C15H24N2O5/c1-14(2,3)21-12(19)17(13(20)22-15(4,5)6)9-10-11(18)7-8-16-10/h9,16H,7-8H2,1-6H3/b10-9+. The van der Waals surface area contributed by atoms with Crippen LogP contribution in [0, 0.1) is 0 Å². The van der Waals surface area contributed by atoms with Crippen LogP contribution in [0.15, 0.2) is 11.9 Å². The summed E-state index contributed by atoms with van der Waals surface area (Å²) in [6, 6.07) is 0. The van der Waals surface area contributed by atoms with Gasteiger partial charge in [0.25, 0.3) is 0 Å². The van der Waals surface area contributed by atoms with E-state index in [0.717, 1.165) is 6.20 Å². The maximum atomic E-state index is 12.2. The first-order valence-corrected chi connectivity index (χ1v) is 7.13. The average Bonchev–Trinajstić information content (AvgIpc) is 2.66. The van der Waals surface area contributed by atoms with Crippen molar-refractivity contribution in [2.24, 2.45) is 0 Å². The number of carbonyl (C=O) groups is 3. The summed E-state index contributed by atoms with van der Waals surface area (Å²) in [6.07, 6.45) is -0.328. The minimum atomic E-state index is -0.893. The molecule has 1 saturated heterocycles. The Morgan fingerprint density at radius 3 is 1.82 bits per heavy atom. The van der Waals surface area contributed by atoms with Crippen molar-refractivity contribution in [3.8, 4) is 0 Å². The third-order valence-corrected chi connectivity index (χ3v) is 2.41. The Morgan fingerprint density at radius 2 is 1.50 bits per heavy atom. The minimum Gasteiger partial charge on any atom is -0.443 e. The number of hydrogen-bond acceptors (Lipinski definition) is 6. The summed E-state index contributed by atoms with van der Waals surface area (Å²) in [6.45, 7) is 10.6. The lowest BCUT2D eigenvalue weighted by atomic mass is 10.2. The molecule has 0 atom stereocenters. The largest absolute Gasteiger partial charge is 0.443 e. The second-order valence-electron chi connectivity index (χ2n) is 6.97. The van der Waals surface area contributed by atoms with Gasteiger partial charge in [0, 0.05) is 19.2 Å². The van der Waals surface area contributed by atoms with E-state index in [1.165, 1.54) is 0 Å². The maximum Gasteiger partial charge on any atom is 0.424 e. The van der Waals surface area contributed by atoms with Crippen LogP contribution in [0.25, 0.3) is 0 Å². The molecule has 0 saturated carbocycles. The van der Waals surface area contributed by atoms with Crippen LogP contribution in [0.1, 0.15) is 48.0 Å². The van der Waals surface area contributed by atoms with E-state index < -0.39 is 23.4 Å². The van der Waals surface area contributed by atoms with Gasteiger partial charge in [-0.05, 0) is 41.5 Å². The molecule has 1 aliphatic rings. The fourth-order valence-corrected chi connectivity index (χ4v) is 1.59. The van der Waals surface area contributed by atoms with Gasteiger partial charge in [-0.3, -0.25) is 4.79 Å². The van der Waals surface area contributed by atoms with Crippen LogP contribution in [0.2, 0.25) is 0 Å². The van der Waals surface area contributed by atoms with E-state index in [4.69, 9.17) is 9.47 Å². The van der Waals surface area contributed by atoms with Crippen molar-refractivity contribution in [2.75, 3.05) is 6.54 Å². The van der Waals surface area contributed by atoms with Gasteiger partial charge < -0.3 is 14.8 Å². The molecule has 0 unspecified atom stereocenters. The first-order valence-electron chi connectivity index (χ1n) is 7.13. The molecule has 2 amide bonds. The molecule has 0 radical (unpaired) electrons. The zero-order valence-electron chi connectivity index (χ0n) is 14.0. The SMILES string of the molecule is CC(C)(C)OC(=O)N(/C=C1/NCCC1=O)C(=O)OC(C)(C)C. The molecular weight excluding hydrogens is 288 g/mol. The van der Waals surface area contributed by atoms with Gasteiger partial charge in [-0.25, -0.2) is 9.59 Å². The number of ketones is 1. The van der Waals surface area contributed by atoms with Crippen LogP contribution in [-0.2, 0) is 14.3 Å². The van der Waals surface area contributed by atoms with Crippen molar-refractivity contribution in [3.05, 3.63) is 11.9 Å². The number of hydrogen-bond donors (Lipinski definition) is 1.